The lowest BCUT2D eigenvalue weighted by molar-refractivity contribution is 0.102. The zero-order valence-electron chi connectivity index (χ0n) is 11.5. The molecule has 2 rings (SSSR count). The maximum atomic E-state index is 12.4. The van der Waals surface area contributed by atoms with E-state index in [0.29, 0.717) is 11.4 Å². The van der Waals surface area contributed by atoms with E-state index in [1.165, 1.54) is 0 Å². The van der Waals surface area contributed by atoms with Crippen LogP contribution in [0, 0.1) is 6.92 Å². The van der Waals surface area contributed by atoms with Gasteiger partial charge in [0.1, 0.15) is 5.75 Å². The number of aromatic nitrogens is 2. The lowest BCUT2D eigenvalue weighted by Crippen LogP contribution is -2.11. The third kappa shape index (κ3) is 2.67. The van der Waals surface area contributed by atoms with Crippen LogP contribution in [-0.4, -0.2) is 22.4 Å². The van der Waals surface area contributed by atoms with Gasteiger partial charge in [0.05, 0.1) is 7.11 Å². The number of hydrogen-bond acceptors (Lipinski definition) is 3. The van der Waals surface area contributed by atoms with Crippen LogP contribution in [0.5, 0.6) is 5.75 Å². The Bertz CT molecular complexity index is 588. The van der Waals surface area contributed by atoms with Crippen molar-refractivity contribution in [3.63, 3.8) is 0 Å². The van der Waals surface area contributed by atoms with E-state index in [0.717, 1.165) is 24.3 Å². The zero-order valence-corrected chi connectivity index (χ0v) is 11.5. The monoisotopic (exact) mass is 258 g/mol. The number of rotatable bonds is 5. The predicted molar refractivity (Wildman–Crippen MR) is 73.7 cm³/mol. The molecule has 0 radical (unpaired) electrons. The molecule has 1 aromatic heterocycles. The van der Waals surface area contributed by atoms with E-state index < -0.39 is 0 Å². The van der Waals surface area contributed by atoms with Crippen LogP contribution in [-0.2, 0) is 6.54 Å². The Kier molecular flexibility index (Phi) is 4.00. The molecule has 2 aromatic rings. The summed E-state index contributed by atoms with van der Waals surface area (Å²) in [5.74, 6) is 1.23. The quantitative estimate of drug-likeness (QED) is 0.775. The molecule has 0 aliphatic rings. The van der Waals surface area contributed by atoms with Gasteiger partial charge in [0.15, 0.2) is 5.82 Å². The first-order chi connectivity index (χ1) is 9.17. The molecule has 0 spiro atoms. The highest BCUT2D eigenvalue weighted by Crippen LogP contribution is 2.20. The summed E-state index contributed by atoms with van der Waals surface area (Å²) >= 11 is 0. The van der Waals surface area contributed by atoms with E-state index in [4.69, 9.17) is 4.74 Å². The molecular formula is C15H18N2O2. The summed E-state index contributed by atoms with van der Waals surface area (Å²) in [6.07, 6.45) is 4.48. The van der Waals surface area contributed by atoms with Crippen molar-refractivity contribution in [1.82, 2.24) is 9.55 Å². The molecule has 1 aromatic carbocycles. The van der Waals surface area contributed by atoms with Gasteiger partial charge in [-0.3, -0.25) is 4.79 Å². The number of hydrogen-bond donors (Lipinski definition) is 0. The second-order valence-corrected chi connectivity index (χ2v) is 4.46. The van der Waals surface area contributed by atoms with E-state index in [9.17, 15) is 4.79 Å². The van der Waals surface area contributed by atoms with Gasteiger partial charge in [0.25, 0.3) is 0 Å². The average Bonchev–Trinajstić information content (AvgIpc) is 2.86. The van der Waals surface area contributed by atoms with Crippen molar-refractivity contribution in [3.8, 4) is 5.75 Å². The molecule has 4 heteroatoms. The third-order valence-corrected chi connectivity index (χ3v) is 3.04. The number of ketones is 1. The summed E-state index contributed by atoms with van der Waals surface area (Å²) in [5.41, 5.74) is 1.59. The molecular weight excluding hydrogens is 240 g/mol. The number of ether oxygens (including phenoxy) is 1. The van der Waals surface area contributed by atoms with Crippen LogP contribution in [0.25, 0.3) is 0 Å². The van der Waals surface area contributed by atoms with Gasteiger partial charge in [-0.05, 0) is 37.1 Å². The molecule has 0 amide bonds. The van der Waals surface area contributed by atoms with Crippen molar-refractivity contribution in [1.29, 1.82) is 0 Å². The second kappa shape index (κ2) is 5.69. The minimum Gasteiger partial charge on any atom is -0.496 e. The van der Waals surface area contributed by atoms with Crippen LogP contribution >= 0.6 is 0 Å². The van der Waals surface area contributed by atoms with Gasteiger partial charge in [-0.15, -0.1) is 0 Å². The van der Waals surface area contributed by atoms with Crippen molar-refractivity contribution in [2.24, 2.45) is 0 Å². The topological polar surface area (TPSA) is 44.1 Å². The molecule has 19 heavy (non-hydrogen) atoms. The number of nitrogens with zero attached hydrogens (tertiary/aromatic N) is 2. The molecule has 0 aliphatic carbocycles. The second-order valence-electron chi connectivity index (χ2n) is 4.46. The van der Waals surface area contributed by atoms with Crippen LogP contribution in [0.3, 0.4) is 0 Å². The van der Waals surface area contributed by atoms with Crippen LogP contribution in [0.4, 0.5) is 0 Å². The van der Waals surface area contributed by atoms with Crippen LogP contribution < -0.4 is 4.74 Å². The molecule has 0 unspecified atom stereocenters. The Hall–Kier alpha value is -2.10. The van der Waals surface area contributed by atoms with E-state index >= 15 is 0 Å². The first-order valence-electron chi connectivity index (χ1n) is 6.37. The van der Waals surface area contributed by atoms with Crippen molar-refractivity contribution in [2.45, 2.75) is 26.8 Å². The standard InChI is InChI=1S/C15H18N2O2/c1-4-8-17-9-7-16-15(17)14(18)12-5-6-13(19-3)11(2)10-12/h5-7,9-10H,4,8H2,1-3H3. The molecule has 0 fully saturated rings. The fraction of sp³-hybridized carbons (Fsp3) is 0.333. The maximum absolute atomic E-state index is 12.4. The summed E-state index contributed by atoms with van der Waals surface area (Å²) in [6, 6.07) is 5.43. The highest BCUT2D eigenvalue weighted by Gasteiger charge is 2.15. The predicted octanol–water partition coefficient (Wildman–Crippen LogP) is 2.84. The third-order valence-electron chi connectivity index (χ3n) is 3.04. The van der Waals surface area contributed by atoms with Gasteiger partial charge in [0, 0.05) is 24.5 Å². The maximum Gasteiger partial charge on any atom is 0.228 e. The molecule has 0 atom stereocenters. The molecule has 100 valence electrons. The molecule has 1 heterocycles. The smallest absolute Gasteiger partial charge is 0.228 e. The zero-order chi connectivity index (χ0) is 13.8. The fourth-order valence-electron chi connectivity index (χ4n) is 2.09. The van der Waals surface area contributed by atoms with Gasteiger partial charge >= 0.3 is 0 Å². The number of benzene rings is 1. The normalized spacial score (nSPS) is 10.5. The highest BCUT2D eigenvalue weighted by molar-refractivity contribution is 6.06. The summed E-state index contributed by atoms with van der Waals surface area (Å²) in [4.78, 5) is 16.6. The molecule has 0 saturated heterocycles. The molecule has 0 N–H and O–H groups in total. The Labute approximate surface area is 113 Å². The molecule has 0 aliphatic heterocycles. The first kappa shape index (κ1) is 13.3. The van der Waals surface area contributed by atoms with Crippen LogP contribution in [0.1, 0.15) is 35.1 Å². The first-order valence-corrected chi connectivity index (χ1v) is 6.37. The summed E-state index contributed by atoms with van der Waals surface area (Å²) in [7, 11) is 1.62. The average molecular weight is 258 g/mol. The Morgan fingerprint density at radius 3 is 2.84 bits per heavy atom. The highest BCUT2D eigenvalue weighted by atomic mass is 16.5. The van der Waals surface area contributed by atoms with Gasteiger partial charge in [0.2, 0.25) is 5.78 Å². The molecule has 0 bridgehead atoms. The number of carbonyl (C=O) groups is 1. The SMILES string of the molecule is CCCn1ccnc1C(=O)c1ccc(OC)c(C)c1. The van der Waals surface area contributed by atoms with E-state index in [-0.39, 0.29) is 5.78 Å². The van der Waals surface area contributed by atoms with E-state index in [1.807, 2.05) is 29.8 Å². The molecule has 4 nitrogen and oxygen atoms in total. The van der Waals surface area contributed by atoms with Crippen molar-refractivity contribution < 1.29 is 9.53 Å². The summed E-state index contributed by atoms with van der Waals surface area (Å²) in [5, 5.41) is 0. The fourth-order valence-corrected chi connectivity index (χ4v) is 2.09. The van der Waals surface area contributed by atoms with Crippen molar-refractivity contribution in [2.75, 3.05) is 7.11 Å². The van der Waals surface area contributed by atoms with Gasteiger partial charge < -0.3 is 9.30 Å². The minimum absolute atomic E-state index is 0.0517. The number of methoxy groups -OCH3 is 1. The van der Waals surface area contributed by atoms with Crippen molar-refractivity contribution >= 4 is 5.78 Å². The summed E-state index contributed by atoms with van der Waals surface area (Å²) in [6.45, 7) is 4.80. The Morgan fingerprint density at radius 1 is 1.42 bits per heavy atom. The van der Waals surface area contributed by atoms with Crippen LogP contribution in [0.2, 0.25) is 0 Å². The molecule has 0 saturated carbocycles. The number of aryl methyl sites for hydroxylation is 2. The lowest BCUT2D eigenvalue weighted by Gasteiger charge is -2.08. The van der Waals surface area contributed by atoms with Gasteiger partial charge in [-0.2, -0.15) is 0 Å². The van der Waals surface area contributed by atoms with Gasteiger partial charge in [-0.1, -0.05) is 6.92 Å². The van der Waals surface area contributed by atoms with Crippen LogP contribution in [0.15, 0.2) is 30.6 Å². The Balaban J connectivity index is 2.33. The number of imidazole rings is 1. The Morgan fingerprint density at radius 2 is 2.21 bits per heavy atom. The number of carbonyl (C=O) groups excluding carboxylic acids is 1. The lowest BCUT2D eigenvalue weighted by atomic mass is 10.1. The largest absolute Gasteiger partial charge is 0.496 e. The van der Waals surface area contributed by atoms with Crippen molar-refractivity contribution in [3.05, 3.63) is 47.5 Å². The van der Waals surface area contributed by atoms with E-state index in [2.05, 4.69) is 11.9 Å². The van der Waals surface area contributed by atoms with Gasteiger partial charge in [-0.25, -0.2) is 4.98 Å². The summed E-state index contributed by atoms with van der Waals surface area (Å²) < 4.78 is 7.09. The minimum atomic E-state index is -0.0517. The van der Waals surface area contributed by atoms with E-state index in [1.54, 1.807) is 19.4 Å².